The average molecular weight is 813 g/mol. The van der Waals surface area contributed by atoms with Crippen molar-refractivity contribution in [2.75, 3.05) is 19.6 Å². The lowest BCUT2D eigenvalue weighted by atomic mass is 9.95. The van der Waals surface area contributed by atoms with E-state index in [0.717, 1.165) is 0 Å². The third kappa shape index (κ3) is 15.0. The molecule has 0 radical (unpaired) electrons. The number of alkyl carbamates (subject to hydrolysis) is 2. The standard InChI is InChI=1S/C41H60N6O11/c1-39(2,3)47(38(55)56)19-10-12-28-34(51)45-29(33(50)42-17-11-18-43-36(53)57-40(4,5)6)22-26-20-24(13-15-31(26)48)25-14-16-32(49)27(21-25)23-30(35(52)44-28)46-37(54)58-41(7,8)9/h13-16,20-21,28-30,48-49H,10-12,17-19,22-23H2,1-9H3,(H,42,50)(H,43,53)(H,44,52)(H,45,51)(H,46,54)(H,55,56)/t28-,29-,30-/m0/s1. The number of amides is 6. The van der Waals surface area contributed by atoms with Crippen molar-refractivity contribution in [2.24, 2.45) is 0 Å². The van der Waals surface area contributed by atoms with Crippen LogP contribution >= 0.6 is 0 Å². The van der Waals surface area contributed by atoms with Crippen molar-refractivity contribution in [3.8, 4) is 22.6 Å². The van der Waals surface area contributed by atoms with Crippen molar-refractivity contribution in [1.29, 1.82) is 0 Å². The van der Waals surface area contributed by atoms with Crippen LogP contribution in [0.4, 0.5) is 14.4 Å². The Morgan fingerprint density at radius 1 is 0.741 bits per heavy atom. The molecule has 8 N–H and O–H groups in total. The van der Waals surface area contributed by atoms with Crippen molar-refractivity contribution in [3.63, 3.8) is 0 Å². The molecule has 0 aliphatic carbocycles. The number of phenols is 2. The first-order valence-electron chi connectivity index (χ1n) is 19.3. The first kappa shape index (κ1) is 46.6. The molecule has 0 spiro atoms. The second-order valence-electron chi connectivity index (χ2n) is 17.2. The van der Waals surface area contributed by atoms with Crippen molar-refractivity contribution in [1.82, 2.24) is 31.5 Å². The third-order valence-corrected chi connectivity index (χ3v) is 8.85. The van der Waals surface area contributed by atoms with Gasteiger partial charge in [-0.15, -0.1) is 0 Å². The Hall–Kier alpha value is -5.74. The van der Waals surface area contributed by atoms with E-state index in [9.17, 15) is 44.1 Å². The van der Waals surface area contributed by atoms with Crippen molar-refractivity contribution in [2.45, 2.75) is 129 Å². The number of carbonyl (C=O) groups is 6. The van der Waals surface area contributed by atoms with Crippen LogP contribution in [0.1, 0.15) is 92.7 Å². The van der Waals surface area contributed by atoms with Crippen LogP contribution in [-0.2, 0) is 36.7 Å². The van der Waals surface area contributed by atoms with Crippen molar-refractivity contribution in [3.05, 3.63) is 47.5 Å². The van der Waals surface area contributed by atoms with Gasteiger partial charge in [0.15, 0.2) is 0 Å². The molecule has 17 nitrogen and oxygen atoms in total. The lowest BCUT2D eigenvalue weighted by molar-refractivity contribution is -0.132. The fraction of sp³-hybridized carbons (Fsp3) is 0.561. The van der Waals surface area contributed by atoms with Crippen LogP contribution in [0.3, 0.4) is 0 Å². The lowest BCUT2D eigenvalue weighted by Gasteiger charge is -2.33. The molecule has 0 unspecified atom stereocenters. The zero-order valence-corrected chi connectivity index (χ0v) is 34.9. The van der Waals surface area contributed by atoms with Crippen LogP contribution < -0.4 is 26.6 Å². The molecule has 1 aliphatic heterocycles. The number of rotatable bonds is 10. The Balaban J connectivity index is 2.04. The zero-order chi connectivity index (χ0) is 43.6. The molecule has 320 valence electrons. The van der Waals surface area contributed by atoms with E-state index in [1.54, 1.807) is 86.6 Å². The Morgan fingerprint density at radius 2 is 1.28 bits per heavy atom. The molecular weight excluding hydrogens is 752 g/mol. The SMILES string of the molecule is CC(C)(C)OC(=O)NCCCNC(=O)[C@@H]1Cc2cc(ccc2O)-c2ccc(O)c(c2)C[C@H](NC(=O)OC(C)(C)C)C(=O)N[C@@H](CCCN(C(=O)O)C(C)(C)C)C(=O)N1. The molecule has 4 bridgehead atoms. The fourth-order valence-corrected chi connectivity index (χ4v) is 6.08. The van der Waals surface area contributed by atoms with E-state index in [2.05, 4.69) is 26.6 Å². The largest absolute Gasteiger partial charge is 0.508 e. The summed E-state index contributed by atoms with van der Waals surface area (Å²) in [4.78, 5) is 80.5. The minimum Gasteiger partial charge on any atom is -0.508 e. The van der Waals surface area contributed by atoms with E-state index in [4.69, 9.17) is 9.47 Å². The number of aromatic hydroxyl groups is 2. The molecule has 2 aromatic carbocycles. The van der Waals surface area contributed by atoms with Gasteiger partial charge in [0.25, 0.3) is 0 Å². The molecule has 3 rings (SSSR count). The topological polar surface area (TPSA) is 245 Å². The summed E-state index contributed by atoms with van der Waals surface area (Å²) in [5.41, 5.74) is -0.633. The Kier molecular flexibility index (Phi) is 15.8. The predicted molar refractivity (Wildman–Crippen MR) is 215 cm³/mol. The van der Waals surface area contributed by atoms with Gasteiger partial charge in [-0.25, -0.2) is 14.4 Å². The highest BCUT2D eigenvalue weighted by molar-refractivity contribution is 5.94. The maximum Gasteiger partial charge on any atom is 0.408 e. The zero-order valence-electron chi connectivity index (χ0n) is 34.9. The Labute approximate surface area is 339 Å². The van der Waals surface area contributed by atoms with Gasteiger partial charge >= 0.3 is 18.3 Å². The molecule has 58 heavy (non-hydrogen) atoms. The molecule has 0 fully saturated rings. The number of phenolic OH excluding ortho intramolecular Hbond substituents is 2. The number of carbonyl (C=O) groups excluding carboxylic acids is 5. The van der Waals surface area contributed by atoms with Crippen LogP contribution in [0.15, 0.2) is 36.4 Å². The first-order chi connectivity index (χ1) is 26.8. The number of nitrogens with zero attached hydrogens (tertiary/aromatic N) is 1. The summed E-state index contributed by atoms with van der Waals surface area (Å²) in [5.74, 6) is -2.54. The summed E-state index contributed by atoms with van der Waals surface area (Å²) in [5, 5.41) is 45.1. The summed E-state index contributed by atoms with van der Waals surface area (Å²) in [7, 11) is 0. The smallest absolute Gasteiger partial charge is 0.408 e. The lowest BCUT2D eigenvalue weighted by Crippen LogP contribution is -2.58. The molecule has 1 aliphatic rings. The molecular formula is C41H60N6O11. The molecule has 0 aromatic heterocycles. The minimum atomic E-state index is -1.37. The summed E-state index contributed by atoms with van der Waals surface area (Å²) in [6.45, 7) is 15.6. The van der Waals surface area contributed by atoms with Crippen LogP contribution in [0.2, 0.25) is 0 Å². The van der Waals surface area contributed by atoms with Crippen LogP contribution in [0.5, 0.6) is 11.5 Å². The normalized spacial score (nSPS) is 17.6. The predicted octanol–water partition coefficient (Wildman–Crippen LogP) is 4.32. The summed E-state index contributed by atoms with van der Waals surface area (Å²) < 4.78 is 10.7. The third-order valence-electron chi connectivity index (χ3n) is 8.85. The van der Waals surface area contributed by atoms with E-state index < -0.39 is 70.9 Å². The number of nitrogens with one attached hydrogen (secondary N) is 5. The quantitative estimate of drug-likeness (QED) is 0.157. The highest BCUT2D eigenvalue weighted by Gasteiger charge is 2.33. The van der Waals surface area contributed by atoms with Crippen LogP contribution in [-0.4, -0.2) is 111 Å². The molecule has 0 saturated heterocycles. The van der Waals surface area contributed by atoms with Crippen molar-refractivity contribution >= 4 is 36.0 Å². The van der Waals surface area contributed by atoms with Gasteiger partial charge < -0.3 is 56.3 Å². The highest BCUT2D eigenvalue weighted by Crippen LogP contribution is 2.31. The van der Waals surface area contributed by atoms with Gasteiger partial charge in [0, 0.05) is 38.0 Å². The van der Waals surface area contributed by atoms with E-state index in [-0.39, 0.29) is 62.4 Å². The number of fused-ring (bicyclic) bond motifs is 5. The van der Waals surface area contributed by atoms with Gasteiger partial charge in [-0.05, 0) is 128 Å². The Morgan fingerprint density at radius 3 is 1.81 bits per heavy atom. The second-order valence-corrected chi connectivity index (χ2v) is 17.2. The Bertz CT molecular complexity index is 1810. The van der Waals surface area contributed by atoms with Gasteiger partial charge in [-0.1, -0.05) is 12.1 Å². The molecule has 3 atom stereocenters. The van der Waals surface area contributed by atoms with E-state index in [1.165, 1.54) is 17.0 Å². The van der Waals surface area contributed by atoms with Gasteiger partial charge in [0.1, 0.15) is 40.8 Å². The maximum absolute atomic E-state index is 14.2. The number of hydrogen-bond donors (Lipinski definition) is 8. The number of benzene rings is 2. The van der Waals surface area contributed by atoms with Gasteiger partial charge in [0.05, 0.1) is 0 Å². The molecule has 6 amide bonds. The van der Waals surface area contributed by atoms with Crippen LogP contribution in [0, 0.1) is 0 Å². The second kappa shape index (κ2) is 19.6. The summed E-state index contributed by atoms with van der Waals surface area (Å²) in [6, 6.07) is 5.42. The van der Waals surface area contributed by atoms with Crippen molar-refractivity contribution < 1.29 is 53.6 Å². The molecule has 1 heterocycles. The minimum absolute atomic E-state index is 0.000641. The number of hydrogen-bond acceptors (Lipinski definition) is 10. The monoisotopic (exact) mass is 812 g/mol. The van der Waals surface area contributed by atoms with E-state index in [0.29, 0.717) is 23.1 Å². The first-order valence-corrected chi connectivity index (χ1v) is 19.3. The van der Waals surface area contributed by atoms with Gasteiger partial charge in [0.2, 0.25) is 17.7 Å². The average Bonchev–Trinajstić information content (AvgIpc) is 3.07. The maximum atomic E-state index is 14.2. The molecule has 0 saturated carbocycles. The molecule has 17 heteroatoms. The fourth-order valence-electron chi connectivity index (χ4n) is 6.08. The summed E-state index contributed by atoms with van der Waals surface area (Å²) in [6.07, 6.45) is -2.78. The van der Waals surface area contributed by atoms with E-state index in [1.807, 2.05) is 0 Å². The van der Waals surface area contributed by atoms with Gasteiger partial charge in [-0.2, -0.15) is 0 Å². The van der Waals surface area contributed by atoms with Gasteiger partial charge in [-0.3, -0.25) is 14.4 Å². The number of carboxylic acid groups (broad SMARTS) is 1. The van der Waals surface area contributed by atoms with E-state index >= 15 is 0 Å². The highest BCUT2D eigenvalue weighted by atomic mass is 16.6. The molecule has 2 aromatic rings. The number of ether oxygens (including phenoxy) is 2. The summed E-state index contributed by atoms with van der Waals surface area (Å²) >= 11 is 0. The van der Waals surface area contributed by atoms with Crippen LogP contribution in [0.25, 0.3) is 11.1 Å².